The van der Waals surface area contributed by atoms with E-state index in [-0.39, 0.29) is 19.0 Å². The maximum atomic E-state index is 12.6. The van der Waals surface area contributed by atoms with E-state index < -0.39 is 34.5 Å². The number of urea groups is 1. The van der Waals surface area contributed by atoms with Gasteiger partial charge >= 0.3 is 22.5 Å². The number of amides is 3. The van der Waals surface area contributed by atoms with Gasteiger partial charge in [0, 0.05) is 18.7 Å². The molecule has 27 heavy (non-hydrogen) atoms. The maximum absolute atomic E-state index is 12.6. The SMILES string of the molecule is CCNC(=O)n1ncc2c1C(CNC(=N)N)N1CC2N(OS(=O)(=O)O)C1=O. The number of guanidine groups is 1. The van der Waals surface area contributed by atoms with E-state index in [1.165, 1.54) is 11.1 Å². The highest BCUT2D eigenvalue weighted by Gasteiger charge is 2.52. The number of nitrogens with zero attached hydrogens (tertiary/aromatic N) is 4. The second kappa shape index (κ2) is 6.67. The van der Waals surface area contributed by atoms with E-state index >= 15 is 0 Å². The fourth-order valence-electron chi connectivity index (χ4n) is 3.18. The Morgan fingerprint density at radius 1 is 1.52 bits per heavy atom. The third-order valence-electron chi connectivity index (χ3n) is 4.15. The Balaban J connectivity index is 2.06. The molecule has 2 bridgehead atoms. The lowest BCUT2D eigenvalue weighted by molar-refractivity contribution is -0.0317. The summed E-state index contributed by atoms with van der Waals surface area (Å²) in [6.45, 7) is 2.08. The molecule has 14 nitrogen and oxygen atoms in total. The van der Waals surface area contributed by atoms with Crippen molar-refractivity contribution in [2.45, 2.75) is 19.0 Å². The van der Waals surface area contributed by atoms with Gasteiger partial charge in [-0.3, -0.25) is 9.96 Å². The van der Waals surface area contributed by atoms with Gasteiger partial charge in [-0.25, -0.2) is 9.59 Å². The molecule has 2 unspecified atom stereocenters. The molecule has 15 heteroatoms. The van der Waals surface area contributed by atoms with Crippen LogP contribution < -0.4 is 16.4 Å². The van der Waals surface area contributed by atoms with Crippen LogP contribution in [0.1, 0.15) is 30.3 Å². The van der Waals surface area contributed by atoms with Crippen molar-refractivity contribution in [2.24, 2.45) is 5.73 Å². The first kappa shape index (κ1) is 18.9. The van der Waals surface area contributed by atoms with Crippen LogP contribution in [-0.2, 0) is 14.7 Å². The number of aromatic nitrogens is 2. The minimum Gasteiger partial charge on any atom is -0.370 e. The molecule has 1 saturated heterocycles. The normalized spacial score (nSPS) is 21.2. The van der Waals surface area contributed by atoms with Gasteiger partial charge in [0.05, 0.1) is 24.5 Å². The van der Waals surface area contributed by atoms with Gasteiger partial charge < -0.3 is 21.3 Å². The van der Waals surface area contributed by atoms with Gasteiger partial charge in [0.1, 0.15) is 6.04 Å². The molecule has 3 rings (SSSR count). The Kier molecular flexibility index (Phi) is 4.66. The first-order chi connectivity index (χ1) is 12.6. The van der Waals surface area contributed by atoms with Gasteiger partial charge in [0.2, 0.25) is 0 Å². The minimum absolute atomic E-state index is 0.0222. The largest absolute Gasteiger partial charge is 0.418 e. The molecule has 6 N–H and O–H groups in total. The molecular weight excluding hydrogens is 384 g/mol. The van der Waals surface area contributed by atoms with E-state index in [0.29, 0.717) is 22.9 Å². The Morgan fingerprint density at radius 3 is 2.81 bits per heavy atom. The lowest BCUT2D eigenvalue weighted by atomic mass is 9.98. The van der Waals surface area contributed by atoms with Gasteiger partial charge in [-0.1, -0.05) is 0 Å². The average molecular weight is 402 g/mol. The summed E-state index contributed by atoms with van der Waals surface area (Å²) in [6.07, 6.45) is 1.33. The van der Waals surface area contributed by atoms with Crippen molar-refractivity contribution in [3.63, 3.8) is 0 Å². The third kappa shape index (κ3) is 3.38. The fourth-order valence-corrected chi connectivity index (χ4v) is 3.55. The van der Waals surface area contributed by atoms with Gasteiger partial charge in [0.25, 0.3) is 0 Å². The molecule has 0 radical (unpaired) electrons. The van der Waals surface area contributed by atoms with Crippen LogP contribution in [0.15, 0.2) is 6.20 Å². The number of hydrogen-bond donors (Lipinski definition) is 5. The molecule has 1 aromatic heterocycles. The second-order valence-electron chi connectivity index (χ2n) is 5.82. The molecule has 3 heterocycles. The first-order valence-corrected chi connectivity index (χ1v) is 9.21. The topological polar surface area (TPSA) is 196 Å². The summed E-state index contributed by atoms with van der Waals surface area (Å²) in [5.74, 6) is -0.347. The average Bonchev–Trinajstić information content (AvgIpc) is 3.10. The van der Waals surface area contributed by atoms with Crippen LogP contribution in [0.3, 0.4) is 0 Å². The van der Waals surface area contributed by atoms with Crippen LogP contribution in [0.4, 0.5) is 9.59 Å². The van der Waals surface area contributed by atoms with Crippen molar-refractivity contribution < 1.29 is 26.8 Å². The van der Waals surface area contributed by atoms with Crippen LogP contribution in [0.25, 0.3) is 0 Å². The van der Waals surface area contributed by atoms with Crippen molar-refractivity contribution in [3.8, 4) is 0 Å². The molecule has 0 aliphatic carbocycles. The van der Waals surface area contributed by atoms with Gasteiger partial charge in [0.15, 0.2) is 5.96 Å². The van der Waals surface area contributed by atoms with E-state index in [1.54, 1.807) is 6.92 Å². The van der Waals surface area contributed by atoms with Gasteiger partial charge in [-0.15, -0.1) is 4.28 Å². The quantitative estimate of drug-likeness (QED) is 0.221. The highest BCUT2D eigenvalue weighted by Crippen LogP contribution is 2.43. The van der Waals surface area contributed by atoms with Crippen molar-refractivity contribution in [1.82, 2.24) is 30.4 Å². The first-order valence-electron chi connectivity index (χ1n) is 7.84. The predicted molar refractivity (Wildman–Crippen MR) is 88.7 cm³/mol. The molecule has 148 valence electrons. The predicted octanol–water partition coefficient (Wildman–Crippen LogP) is -1.49. The lowest BCUT2D eigenvalue weighted by Crippen LogP contribution is -2.44. The standard InChI is InChI=1S/C12H18N8O6S/c1-2-15-11(21)19-9-6(3-17-19)8-5-18(7(9)4-16-10(13)14)12(22)20(8)26-27(23,24)25/h3,7-8H,2,4-5H2,1H3,(H,15,21)(H4,13,14,16)(H,23,24,25). The molecular formula is C12H18N8O6S. The minimum atomic E-state index is -4.94. The van der Waals surface area contributed by atoms with Crippen molar-refractivity contribution in [3.05, 3.63) is 17.5 Å². The zero-order valence-electron chi connectivity index (χ0n) is 14.1. The number of carbonyl (C=O) groups excluding carboxylic acids is 2. The number of nitrogens with one attached hydrogen (secondary N) is 3. The number of carbonyl (C=O) groups is 2. The highest BCUT2D eigenvalue weighted by atomic mass is 32.3. The van der Waals surface area contributed by atoms with Crippen LogP contribution in [-0.4, -0.2) is 70.4 Å². The lowest BCUT2D eigenvalue weighted by Gasteiger charge is -2.31. The summed E-state index contributed by atoms with van der Waals surface area (Å²) in [5.41, 5.74) is 6.01. The Bertz CT molecular complexity index is 898. The van der Waals surface area contributed by atoms with Crippen LogP contribution >= 0.6 is 0 Å². The molecule has 2 atom stereocenters. The van der Waals surface area contributed by atoms with Gasteiger partial charge in [-0.05, 0) is 6.92 Å². The second-order valence-corrected chi connectivity index (χ2v) is 6.83. The fraction of sp³-hybridized carbons (Fsp3) is 0.500. The van der Waals surface area contributed by atoms with E-state index in [4.69, 9.17) is 15.7 Å². The summed E-state index contributed by atoms with van der Waals surface area (Å²) in [5, 5.41) is 17.0. The number of hydrogen-bond acceptors (Lipinski definition) is 7. The summed E-state index contributed by atoms with van der Waals surface area (Å²) in [7, 11) is -4.94. The van der Waals surface area contributed by atoms with Crippen LogP contribution in [0.5, 0.6) is 0 Å². The molecule has 2 aliphatic heterocycles. The van der Waals surface area contributed by atoms with E-state index in [2.05, 4.69) is 20.0 Å². The third-order valence-corrected chi connectivity index (χ3v) is 4.50. The van der Waals surface area contributed by atoms with Crippen LogP contribution in [0, 0.1) is 5.41 Å². The van der Waals surface area contributed by atoms with E-state index in [9.17, 15) is 18.0 Å². The number of rotatable bonds is 5. The zero-order valence-corrected chi connectivity index (χ0v) is 14.9. The number of fused-ring (bicyclic) bond motifs is 4. The smallest absolute Gasteiger partial charge is 0.370 e. The maximum Gasteiger partial charge on any atom is 0.418 e. The van der Waals surface area contributed by atoms with Crippen molar-refractivity contribution in [2.75, 3.05) is 19.6 Å². The van der Waals surface area contributed by atoms with Crippen molar-refractivity contribution in [1.29, 1.82) is 5.41 Å². The molecule has 0 aromatic carbocycles. The summed E-state index contributed by atoms with van der Waals surface area (Å²) < 4.78 is 36.7. The summed E-state index contributed by atoms with van der Waals surface area (Å²) in [4.78, 5) is 26.1. The summed E-state index contributed by atoms with van der Waals surface area (Å²) in [6, 6.07) is -3.05. The number of hydroxylamine groups is 2. The highest BCUT2D eigenvalue weighted by molar-refractivity contribution is 7.80. The molecule has 0 spiro atoms. The van der Waals surface area contributed by atoms with E-state index in [0.717, 1.165) is 4.68 Å². The molecule has 0 saturated carbocycles. The molecule has 3 amide bonds. The Morgan fingerprint density at radius 2 is 2.22 bits per heavy atom. The van der Waals surface area contributed by atoms with Gasteiger partial charge in [-0.2, -0.15) is 23.3 Å². The molecule has 1 aromatic rings. The monoisotopic (exact) mass is 402 g/mol. The molecule has 1 fully saturated rings. The number of nitrogens with two attached hydrogens (primary N) is 1. The summed E-state index contributed by atoms with van der Waals surface area (Å²) >= 11 is 0. The Labute approximate surface area is 153 Å². The Hall–Kier alpha value is -2.91. The zero-order chi connectivity index (χ0) is 19.9. The van der Waals surface area contributed by atoms with Crippen LogP contribution in [0.2, 0.25) is 0 Å². The molecule has 2 aliphatic rings. The van der Waals surface area contributed by atoms with Crippen molar-refractivity contribution >= 4 is 28.4 Å². The van der Waals surface area contributed by atoms with E-state index in [1.807, 2.05) is 0 Å².